The van der Waals surface area contributed by atoms with E-state index >= 15 is 0 Å². The summed E-state index contributed by atoms with van der Waals surface area (Å²) in [7, 11) is 0. The Morgan fingerprint density at radius 2 is 2.35 bits per heavy atom. The van der Waals surface area contributed by atoms with E-state index < -0.39 is 0 Å². The van der Waals surface area contributed by atoms with Crippen LogP contribution in [0, 0.1) is 0 Å². The van der Waals surface area contributed by atoms with Gasteiger partial charge in [-0.1, -0.05) is 0 Å². The lowest BCUT2D eigenvalue weighted by Gasteiger charge is -2.34. The van der Waals surface area contributed by atoms with Crippen molar-refractivity contribution >= 4 is 11.8 Å². The number of rotatable bonds is 3. The van der Waals surface area contributed by atoms with Gasteiger partial charge in [0.15, 0.2) is 11.6 Å². The van der Waals surface area contributed by atoms with Gasteiger partial charge in [-0.25, -0.2) is 0 Å². The summed E-state index contributed by atoms with van der Waals surface area (Å²) < 4.78 is 5.15. The van der Waals surface area contributed by atoms with Gasteiger partial charge in [-0.2, -0.15) is 0 Å². The third-order valence-corrected chi connectivity index (χ3v) is 3.19. The van der Waals surface area contributed by atoms with Gasteiger partial charge in [0.2, 0.25) is 0 Å². The van der Waals surface area contributed by atoms with Crippen molar-refractivity contribution in [1.29, 1.82) is 0 Å². The van der Waals surface area contributed by atoms with Gasteiger partial charge in [0.05, 0.1) is 0 Å². The first kappa shape index (κ1) is 12.0. The lowest BCUT2D eigenvalue weighted by Crippen LogP contribution is -2.44. The first-order valence-corrected chi connectivity index (χ1v) is 5.99. The van der Waals surface area contributed by atoms with Crippen molar-refractivity contribution in [2.75, 3.05) is 18.9 Å². The van der Waals surface area contributed by atoms with Crippen LogP contribution >= 0.6 is 0 Å². The molecule has 0 bridgehead atoms. The van der Waals surface area contributed by atoms with Crippen molar-refractivity contribution in [3.05, 3.63) is 17.9 Å². The van der Waals surface area contributed by atoms with E-state index in [9.17, 15) is 4.79 Å². The molecule has 5 nitrogen and oxygen atoms in total. The molecule has 1 atom stereocenters. The molecule has 1 aromatic heterocycles. The quantitative estimate of drug-likeness (QED) is 0.830. The Morgan fingerprint density at radius 3 is 3.00 bits per heavy atom. The highest BCUT2D eigenvalue weighted by atomic mass is 16.4. The monoisotopic (exact) mass is 238 g/mol. The minimum Gasteiger partial charge on any atom is -0.436 e. The van der Waals surface area contributed by atoms with Crippen LogP contribution in [0.25, 0.3) is 0 Å². The molecule has 3 N–H and O–H groups in total. The Kier molecular flexibility index (Phi) is 3.68. The first-order chi connectivity index (χ1) is 8.22. The van der Waals surface area contributed by atoms with E-state index in [0.717, 1.165) is 25.8 Å². The molecule has 0 radical (unpaired) electrons. The number of piperidine rings is 1. The van der Waals surface area contributed by atoms with Gasteiger partial charge in [0.25, 0.3) is 5.91 Å². The maximum atomic E-state index is 12.2. The molecule has 1 fully saturated rings. The molecule has 1 aliphatic heterocycles. The van der Waals surface area contributed by atoms with Gasteiger partial charge in [-0.15, -0.1) is 0 Å². The summed E-state index contributed by atoms with van der Waals surface area (Å²) in [6.07, 6.45) is 3.68. The molecule has 1 aliphatic rings. The van der Waals surface area contributed by atoms with Crippen LogP contribution < -0.4 is 5.73 Å². The number of nitrogens with zero attached hydrogens (tertiary/aromatic N) is 1. The molecule has 17 heavy (non-hydrogen) atoms. The molecule has 2 rings (SSSR count). The summed E-state index contributed by atoms with van der Waals surface area (Å²) in [6.45, 7) is 0.832. The number of aliphatic hydroxyl groups is 1. The summed E-state index contributed by atoms with van der Waals surface area (Å²) in [5.41, 5.74) is 5.46. The zero-order chi connectivity index (χ0) is 12.3. The molecule has 0 saturated carbocycles. The Balaban J connectivity index is 2.10. The number of hydrogen-bond acceptors (Lipinski definition) is 4. The van der Waals surface area contributed by atoms with Gasteiger partial charge < -0.3 is 20.2 Å². The van der Waals surface area contributed by atoms with Crippen molar-refractivity contribution in [3.8, 4) is 0 Å². The van der Waals surface area contributed by atoms with E-state index in [-0.39, 0.29) is 30.2 Å². The molecule has 94 valence electrons. The van der Waals surface area contributed by atoms with Gasteiger partial charge in [0.1, 0.15) is 0 Å². The minimum absolute atomic E-state index is 0.106. The fourth-order valence-corrected chi connectivity index (χ4v) is 2.33. The van der Waals surface area contributed by atoms with E-state index in [4.69, 9.17) is 15.3 Å². The molecule has 1 amide bonds. The highest BCUT2D eigenvalue weighted by molar-refractivity contribution is 5.92. The van der Waals surface area contributed by atoms with Crippen LogP contribution in [0.2, 0.25) is 0 Å². The Labute approximate surface area is 100 Å². The number of amides is 1. The van der Waals surface area contributed by atoms with Crippen LogP contribution in [0.5, 0.6) is 0 Å². The number of hydrogen-bond donors (Lipinski definition) is 2. The lowest BCUT2D eigenvalue weighted by molar-refractivity contribution is 0.0544. The van der Waals surface area contributed by atoms with E-state index in [1.807, 2.05) is 0 Å². The normalized spacial score (nSPS) is 20.5. The summed E-state index contributed by atoms with van der Waals surface area (Å²) in [5.74, 6) is 0.413. The van der Waals surface area contributed by atoms with Crippen LogP contribution in [0.1, 0.15) is 36.2 Å². The highest BCUT2D eigenvalue weighted by Gasteiger charge is 2.28. The second-order valence-corrected chi connectivity index (χ2v) is 4.36. The van der Waals surface area contributed by atoms with Crippen LogP contribution in [-0.2, 0) is 0 Å². The van der Waals surface area contributed by atoms with Gasteiger partial charge in [-0.05, 0) is 31.7 Å². The fourth-order valence-electron chi connectivity index (χ4n) is 2.33. The molecule has 1 unspecified atom stereocenters. The molecule has 2 heterocycles. The summed E-state index contributed by atoms with van der Waals surface area (Å²) in [6, 6.07) is 3.30. The number of furan rings is 1. The van der Waals surface area contributed by atoms with Crippen LogP contribution in [0.4, 0.5) is 5.88 Å². The average molecular weight is 238 g/mol. The highest BCUT2D eigenvalue weighted by Crippen LogP contribution is 2.22. The van der Waals surface area contributed by atoms with E-state index in [2.05, 4.69) is 0 Å². The zero-order valence-electron chi connectivity index (χ0n) is 9.76. The summed E-state index contributed by atoms with van der Waals surface area (Å²) in [5, 5.41) is 9.01. The SMILES string of the molecule is Nc1ccc(C(=O)N2CCCCC2CCO)o1. The predicted molar refractivity (Wildman–Crippen MR) is 63.5 cm³/mol. The van der Waals surface area contributed by atoms with Crippen LogP contribution in [0.15, 0.2) is 16.5 Å². The second-order valence-electron chi connectivity index (χ2n) is 4.36. The molecule has 5 heteroatoms. The molecule has 0 aromatic carbocycles. The van der Waals surface area contributed by atoms with Crippen molar-refractivity contribution in [1.82, 2.24) is 4.90 Å². The van der Waals surface area contributed by atoms with Crippen molar-refractivity contribution in [2.24, 2.45) is 0 Å². The minimum atomic E-state index is -0.125. The maximum absolute atomic E-state index is 12.2. The molecular formula is C12H18N2O3. The topological polar surface area (TPSA) is 79.7 Å². The number of nitrogens with two attached hydrogens (primary N) is 1. The van der Waals surface area contributed by atoms with Gasteiger partial charge in [0, 0.05) is 25.3 Å². The van der Waals surface area contributed by atoms with E-state index in [0.29, 0.717) is 6.42 Å². The molecular weight excluding hydrogens is 220 g/mol. The van der Waals surface area contributed by atoms with Gasteiger partial charge >= 0.3 is 0 Å². The number of carbonyl (C=O) groups is 1. The van der Waals surface area contributed by atoms with Crippen LogP contribution in [0.3, 0.4) is 0 Å². The molecule has 1 saturated heterocycles. The molecule has 0 spiro atoms. The number of aliphatic hydroxyl groups excluding tert-OH is 1. The molecule has 1 aromatic rings. The summed E-state index contributed by atoms with van der Waals surface area (Å²) in [4.78, 5) is 14.0. The van der Waals surface area contributed by atoms with Crippen molar-refractivity contribution in [2.45, 2.75) is 31.7 Å². The Morgan fingerprint density at radius 1 is 1.53 bits per heavy atom. The Bertz CT molecular complexity index is 387. The fraction of sp³-hybridized carbons (Fsp3) is 0.583. The smallest absolute Gasteiger partial charge is 0.289 e. The second kappa shape index (κ2) is 5.23. The Hall–Kier alpha value is -1.49. The zero-order valence-corrected chi connectivity index (χ0v) is 9.76. The molecule has 0 aliphatic carbocycles. The first-order valence-electron chi connectivity index (χ1n) is 5.99. The predicted octanol–water partition coefficient (Wildman–Crippen LogP) is 1.24. The third kappa shape index (κ3) is 2.61. The van der Waals surface area contributed by atoms with E-state index in [1.54, 1.807) is 17.0 Å². The standard InChI is InChI=1S/C12H18N2O3/c13-11-5-4-10(17-11)12(16)14-7-2-1-3-9(14)6-8-15/h4-5,9,15H,1-3,6-8,13H2. The van der Waals surface area contributed by atoms with Gasteiger partial charge in [-0.3, -0.25) is 4.79 Å². The maximum Gasteiger partial charge on any atom is 0.289 e. The number of anilines is 1. The third-order valence-electron chi connectivity index (χ3n) is 3.19. The summed E-state index contributed by atoms with van der Waals surface area (Å²) >= 11 is 0. The largest absolute Gasteiger partial charge is 0.436 e. The van der Waals surface area contributed by atoms with E-state index in [1.165, 1.54) is 0 Å². The average Bonchev–Trinajstić information content (AvgIpc) is 2.76. The lowest BCUT2D eigenvalue weighted by atomic mass is 9.99. The van der Waals surface area contributed by atoms with Crippen molar-refractivity contribution < 1.29 is 14.3 Å². The number of carbonyl (C=O) groups excluding carboxylic acids is 1. The number of likely N-dealkylation sites (tertiary alicyclic amines) is 1. The van der Waals surface area contributed by atoms with Crippen LogP contribution in [-0.4, -0.2) is 35.1 Å². The van der Waals surface area contributed by atoms with Crippen molar-refractivity contribution in [3.63, 3.8) is 0 Å². The number of nitrogen functional groups attached to an aromatic ring is 1.